The van der Waals surface area contributed by atoms with E-state index >= 15 is 0 Å². The first-order valence-corrected chi connectivity index (χ1v) is 9.67. The molecule has 0 saturated carbocycles. The van der Waals surface area contributed by atoms with Crippen LogP contribution in [0.25, 0.3) is 0 Å². The summed E-state index contributed by atoms with van der Waals surface area (Å²) in [4.78, 5) is 0. The minimum Gasteiger partial charge on any atom is -0.0620 e. The van der Waals surface area contributed by atoms with Gasteiger partial charge in [0.2, 0.25) is 0 Å². The van der Waals surface area contributed by atoms with Gasteiger partial charge in [-0.2, -0.15) is 0 Å². The molecule has 0 aliphatic rings. The Labute approximate surface area is 134 Å². The minimum absolute atomic E-state index is 0.555. The summed E-state index contributed by atoms with van der Waals surface area (Å²) in [5.41, 5.74) is 0.555. The van der Waals surface area contributed by atoms with E-state index in [1.54, 1.807) is 0 Å². The summed E-state index contributed by atoms with van der Waals surface area (Å²) in [5, 5.41) is 4.38. The Bertz CT molecular complexity index is 606. The third-order valence-electron chi connectivity index (χ3n) is 4.26. The van der Waals surface area contributed by atoms with Crippen molar-refractivity contribution >= 4 is 23.2 Å². The fourth-order valence-electron chi connectivity index (χ4n) is 3.33. The van der Waals surface area contributed by atoms with Crippen LogP contribution in [-0.2, 0) is 0 Å². The van der Waals surface area contributed by atoms with E-state index in [1.807, 2.05) is 0 Å². The molecule has 0 saturated heterocycles. The van der Waals surface area contributed by atoms with E-state index in [2.05, 4.69) is 105 Å². The van der Waals surface area contributed by atoms with Crippen molar-refractivity contribution < 1.29 is 0 Å². The zero-order valence-electron chi connectivity index (χ0n) is 13.2. The Morgan fingerprint density at radius 1 is 0.500 bits per heavy atom. The van der Waals surface area contributed by atoms with E-state index in [4.69, 9.17) is 0 Å². The predicted molar refractivity (Wildman–Crippen MR) is 100 cm³/mol. The van der Waals surface area contributed by atoms with Crippen LogP contribution in [0.3, 0.4) is 0 Å². The lowest BCUT2D eigenvalue weighted by Gasteiger charge is -2.31. The average Bonchev–Trinajstić information content (AvgIpc) is 2.58. The summed E-state index contributed by atoms with van der Waals surface area (Å²) in [6.07, 6.45) is 0. The molecular formula is C21H22P+. The Morgan fingerprint density at radius 3 is 1.00 bits per heavy atom. The van der Waals surface area contributed by atoms with Crippen LogP contribution in [0.15, 0.2) is 91.0 Å². The highest BCUT2D eigenvalue weighted by Gasteiger charge is 2.48. The van der Waals surface area contributed by atoms with Gasteiger partial charge in [-0.1, -0.05) is 54.6 Å². The van der Waals surface area contributed by atoms with Crippen molar-refractivity contribution in [2.24, 2.45) is 0 Å². The van der Waals surface area contributed by atoms with Crippen molar-refractivity contribution in [3.8, 4) is 0 Å². The van der Waals surface area contributed by atoms with Crippen LogP contribution in [0.5, 0.6) is 0 Å². The van der Waals surface area contributed by atoms with Gasteiger partial charge in [0.05, 0.1) is 5.66 Å². The Kier molecular flexibility index (Phi) is 4.41. The summed E-state index contributed by atoms with van der Waals surface area (Å²) < 4.78 is 0. The third kappa shape index (κ3) is 2.49. The molecule has 0 nitrogen and oxygen atoms in total. The molecule has 0 bridgehead atoms. The molecular weight excluding hydrogens is 286 g/mol. The summed E-state index contributed by atoms with van der Waals surface area (Å²) in [6, 6.07) is 33.1. The molecule has 3 aromatic carbocycles. The second-order valence-corrected chi connectivity index (χ2v) is 9.85. The smallest absolute Gasteiger partial charge is 0.0620 e. The predicted octanol–water partition coefficient (Wildman–Crippen LogP) is 4.39. The standard InChI is InChI=1S/C21H22P/c1-18(2)22(19-12-6-3-7-13-19,20-14-8-4-9-15-20)21-16-10-5-11-17-21/h3-18H,1-2H3/q+1/i1+1,2+1,18+1. The van der Waals surface area contributed by atoms with Crippen molar-refractivity contribution in [1.29, 1.82) is 0 Å². The lowest BCUT2D eigenvalue weighted by molar-refractivity contribution is 1.09. The van der Waals surface area contributed by atoms with Gasteiger partial charge in [0.25, 0.3) is 0 Å². The number of rotatable bonds is 4. The maximum absolute atomic E-state index is 2.36. The molecule has 0 aliphatic carbocycles. The maximum Gasteiger partial charge on any atom is 0.114 e. The van der Waals surface area contributed by atoms with E-state index in [9.17, 15) is 0 Å². The normalized spacial score (nSPS) is 11.6. The second kappa shape index (κ2) is 6.46. The Balaban J connectivity index is 2.34. The molecule has 0 N–H and O–H groups in total. The molecule has 0 heterocycles. The van der Waals surface area contributed by atoms with E-state index in [0.29, 0.717) is 5.66 Å². The van der Waals surface area contributed by atoms with Crippen molar-refractivity contribution in [3.05, 3.63) is 91.0 Å². The van der Waals surface area contributed by atoms with Crippen molar-refractivity contribution in [2.75, 3.05) is 0 Å². The summed E-state index contributed by atoms with van der Waals surface area (Å²) in [7, 11) is -1.63. The molecule has 0 fully saturated rings. The minimum atomic E-state index is -1.63. The lowest BCUT2D eigenvalue weighted by Crippen LogP contribution is -2.36. The average molecular weight is 308 g/mol. The highest BCUT2D eigenvalue weighted by Crippen LogP contribution is 2.59. The molecule has 1 heteroatoms. The van der Waals surface area contributed by atoms with Gasteiger partial charge in [-0.3, -0.25) is 0 Å². The number of hydrogen-bond acceptors (Lipinski definition) is 0. The molecule has 3 rings (SSSR count). The summed E-state index contributed by atoms with van der Waals surface area (Å²) in [6.45, 7) is 4.72. The molecule has 110 valence electrons. The van der Waals surface area contributed by atoms with Crippen molar-refractivity contribution in [3.63, 3.8) is 0 Å². The zero-order chi connectivity index (χ0) is 15.4. The zero-order valence-corrected chi connectivity index (χ0v) is 14.1. The van der Waals surface area contributed by atoms with Gasteiger partial charge in [0.15, 0.2) is 0 Å². The monoisotopic (exact) mass is 308 g/mol. The van der Waals surface area contributed by atoms with Crippen LogP contribution < -0.4 is 15.9 Å². The molecule has 0 radical (unpaired) electrons. The molecule has 3 aromatic rings. The van der Waals surface area contributed by atoms with Crippen LogP contribution in [-0.4, -0.2) is 5.66 Å². The van der Waals surface area contributed by atoms with Gasteiger partial charge in [-0.15, -0.1) is 0 Å². The van der Waals surface area contributed by atoms with E-state index in [0.717, 1.165) is 0 Å². The highest BCUT2D eigenvalue weighted by atomic mass is 31.2. The SMILES string of the molecule is [13CH3][13CH]([13CH3])[P+](c1ccccc1)(c1ccccc1)c1ccccc1. The van der Waals surface area contributed by atoms with Crippen LogP contribution in [0.4, 0.5) is 0 Å². The second-order valence-electron chi connectivity index (χ2n) is 5.82. The van der Waals surface area contributed by atoms with Crippen LogP contribution in [0.1, 0.15) is 13.8 Å². The highest BCUT2D eigenvalue weighted by molar-refractivity contribution is 7.96. The van der Waals surface area contributed by atoms with Crippen LogP contribution in [0, 0.1) is 0 Å². The third-order valence-corrected chi connectivity index (χ3v) is 9.15. The molecule has 22 heavy (non-hydrogen) atoms. The number of benzene rings is 3. The van der Waals surface area contributed by atoms with Gasteiger partial charge < -0.3 is 0 Å². The van der Waals surface area contributed by atoms with Crippen molar-refractivity contribution in [2.45, 2.75) is 19.5 Å². The van der Waals surface area contributed by atoms with Gasteiger partial charge in [0, 0.05) is 0 Å². The molecule has 0 aliphatic heterocycles. The molecule has 0 spiro atoms. The fourth-order valence-corrected chi connectivity index (χ4v) is 7.94. The number of hydrogen-bond donors (Lipinski definition) is 0. The Morgan fingerprint density at radius 2 is 0.773 bits per heavy atom. The van der Waals surface area contributed by atoms with E-state index in [1.165, 1.54) is 15.9 Å². The topological polar surface area (TPSA) is 0 Å². The first-order valence-electron chi connectivity index (χ1n) is 7.82. The molecule has 0 aromatic heterocycles. The van der Waals surface area contributed by atoms with Gasteiger partial charge in [-0.05, 0) is 50.2 Å². The quantitative estimate of drug-likeness (QED) is 0.495. The summed E-state index contributed by atoms with van der Waals surface area (Å²) in [5.74, 6) is 0. The van der Waals surface area contributed by atoms with Gasteiger partial charge in [-0.25, -0.2) is 0 Å². The molecule has 0 atom stereocenters. The maximum atomic E-state index is 2.36. The van der Waals surface area contributed by atoms with E-state index in [-0.39, 0.29) is 0 Å². The van der Waals surface area contributed by atoms with E-state index < -0.39 is 7.26 Å². The van der Waals surface area contributed by atoms with Crippen LogP contribution >= 0.6 is 7.26 Å². The first-order chi connectivity index (χ1) is 10.8. The van der Waals surface area contributed by atoms with Crippen molar-refractivity contribution in [1.82, 2.24) is 0 Å². The van der Waals surface area contributed by atoms with Gasteiger partial charge >= 0.3 is 0 Å². The van der Waals surface area contributed by atoms with Gasteiger partial charge in [0.1, 0.15) is 23.2 Å². The molecule has 0 unspecified atom stereocenters. The summed E-state index contributed by atoms with van der Waals surface area (Å²) >= 11 is 0. The lowest BCUT2D eigenvalue weighted by atomic mass is 10.4. The molecule has 0 amide bonds. The largest absolute Gasteiger partial charge is 0.114 e. The Hall–Kier alpha value is -1.91. The van der Waals surface area contributed by atoms with Crippen LogP contribution in [0.2, 0.25) is 0 Å². The first kappa shape index (κ1) is 15.0. The fraction of sp³-hybridized carbons (Fsp3) is 0.143.